The van der Waals surface area contributed by atoms with E-state index in [1.54, 1.807) is 0 Å². The lowest BCUT2D eigenvalue weighted by atomic mass is 9.98. The van der Waals surface area contributed by atoms with E-state index in [1.165, 1.54) is 18.4 Å². The van der Waals surface area contributed by atoms with Crippen molar-refractivity contribution >= 4 is 0 Å². The lowest BCUT2D eigenvalue weighted by molar-refractivity contribution is 0.422. The number of hydrogen-bond donors (Lipinski definition) is 1. The minimum absolute atomic E-state index is 0.630. The van der Waals surface area contributed by atoms with Gasteiger partial charge in [-0.15, -0.1) is 0 Å². The first kappa shape index (κ1) is 12.2. The Morgan fingerprint density at radius 3 is 2.67 bits per heavy atom. The van der Waals surface area contributed by atoms with E-state index in [4.69, 9.17) is 0 Å². The zero-order valence-electron chi connectivity index (χ0n) is 10.3. The average Bonchev–Trinajstić information content (AvgIpc) is 2.58. The third-order valence-corrected chi connectivity index (χ3v) is 2.70. The van der Waals surface area contributed by atoms with Crippen molar-refractivity contribution in [1.82, 2.24) is 15.1 Å². The Bertz CT molecular complexity index is 278. The number of aryl methyl sites for hydroxylation is 2. The summed E-state index contributed by atoms with van der Waals surface area (Å²) in [6, 6.07) is 0.630. The smallest absolute Gasteiger partial charge is 0.0521 e. The molecule has 3 heteroatoms. The largest absolute Gasteiger partial charge is 0.317 e. The van der Waals surface area contributed by atoms with Crippen LogP contribution in [0.25, 0.3) is 0 Å². The molecule has 15 heavy (non-hydrogen) atoms. The summed E-state index contributed by atoms with van der Waals surface area (Å²) in [5.41, 5.74) is 1.33. The molecule has 1 aromatic heterocycles. The molecule has 1 N–H and O–H groups in total. The summed E-state index contributed by atoms with van der Waals surface area (Å²) in [6.07, 6.45) is 7.62. The number of nitrogens with zero attached hydrogens (tertiary/aromatic N) is 2. The van der Waals surface area contributed by atoms with Gasteiger partial charge >= 0.3 is 0 Å². The van der Waals surface area contributed by atoms with Crippen molar-refractivity contribution in [2.24, 2.45) is 13.0 Å². The van der Waals surface area contributed by atoms with Gasteiger partial charge in [0.15, 0.2) is 0 Å². The molecule has 86 valence electrons. The summed E-state index contributed by atoms with van der Waals surface area (Å²) in [6.45, 7) is 4.54. The van der Waals surface area contributed by atoms with Gasteiger partial charge in [-0.05, 0) is 37.8 Å². The van der Waals surface area contributed by atoms with Gasteiger partial charge in [0, 0.05) is 19.3 Å². The SMILES string of the molecule is CNC(CCc1cnn(C)c1)CC(C)C. The van der Waals surface area contributed by atoms with Gasteiger partial charge < -0.3 is 5.32 Å². The minimum atomic E-state index is 0.630. The minimum Gasteiger partial charge on any atom is -0.317 e. The molecule has 0 bridgehead atoms. The number of rotatable bonds is 6. The molecule has 0 fully saturated rings. The number of hydrogen-bond acceptors (Lipinski definition) is 2. The van der Waals surface area contributed by atoms with E-state index >= 15 is 0 Å². The van der Waals surface area contributed by atoms with Crippen LogP contribution in [-0.2, 0) is 13.5 Å². The van der Waals surface area contributed by atoms with Crippen LogP contribution in [0.5, 0.6) is 0 Å². The van der Waals surface area contributed by atoms with Gasteiger partial charge in [-0.2, -0.15) is 5.10 Å². The van der Waals surface area contributed by atoms with Gasteiger partial charge in [0.2, 0.25) is 0 Å². The maximum Gasteiger partial charge on any atom is 0.0521 e. The molecule has 0 aliphatic rings. The van der Waals surface area contributed by atoms with Crippen LogP contribution >= 0.6 is 0 Å². The Morgan fingerprint density at radius 1 is 1.47 bits per heavy atom. The van der Waals surface area contributed by atoms with E-state index in [0.717, 1.165) is 12.3 Å². The Balaban J connectivity index is 2.34. The monoisotopic (exact) mass is 209 g/mol. The molecule has 0 aromatic carbocycles. The molecule has 1 unspecified atom stereocenters. The van der Waals surface area contributed by atoms with Crippen LogP contribution in [0.4, 0.5) is 0 Å². The fourth-order valence-corrected chi connectivity index (χ4v) is 1.89. The fourth-order valence-electron chi connectivity index (χ4n) is 1.89. The highest BCUT2D eigenvalue weighted by Crippen LogP contribution is 2.11. The highest BCUT2D eigenvalue weighted by atomic mass is 15.2. The second-order valence-electron chi connectivity index (χ2n) is 4.68. The zero-order valence-corrected chi connectivity index (χ0v) is 10.3. The third kappa shape index (κ3) is 4.47. The summed E-state index contributed by atoms with van der Waals surface area (Å²) < 4.78 is 1.87. The fraction of sp³-hybridized carbons (Fsp3) is 0.750. The molecule has 0 aliphatic carbocycles. The Morgan fingerprint density at radius 2 is 2.20 bits per heavy atom. The van der Waals surface area contributed by atoms with E-state index in [0.29, 0.717) is 6.04 Å². The third-order valence-electron chi connectivity index (χ3n) is 2.70. The average molecular weight is 209 g/mol. The molecule has 1 aromatic rings. The lowest BCUT2D eigenvalue weighted by Gasteiger charge is -2.17. The van der Waals surface area contributed by atoms with E-state index in [9.17, 15) is 0 Å². The molecule has 1 rings (SSSR count). The maximum absolute atomic E-state index is 4.18. The van der Waals surface area contributed by atoms with Crippen LogP contribution in [0, 0.1) is 5.92 Å². The van der Waals surface area contributed by atoms with E-state index in [2.05, 4.69) is 37.5 Å². The van der Waals surface area contributed by atoms with Crippen molar-refractivity contribution in [1.29, 1.82) is 0 Å². The van der Waals surface area contributed by atoms with Crippen LogP contribution in [-0.4, -0.2) is 22.9 Å². The molecule has 0 saturated carbocycles. The van der Waals surface area contributed by atoms with Crippen LogP contribution < -0.4 is 5.32 Å². The topological polar surface area (TPSA) is 29.9 Å². The summed E-state index contributed by atoms with van der Waals surface area (Å²) in [5, 5.41) is 7.56. The van der Waals surface area contributed by atoms with Crippen LogP contribution in [0.3, 0.4) is 0 Å². The first-order valence-electron chi connectivity index (χ1n) is 5.76. The summed E-state index contributed by atoms with van der Waals surface area (Å²) in [5.74, 6) is 0.761. The Hall–Kier alpha value is -0.830. The summed E-state index contributed by atoms with van der Waals surface area (Å²) in [7, 11) is 4.02. The van der Waals surface area contributed by atoms with E-state index in [1.807, 2.05) is 17.9 Å². The van der Waals surface area contributed by atoms with Crippen molar-refractivity contribution in [2.75, 3.05) is 7.05 Å². The molecule has 0 amide bonds. The second-order valence-corrected chi connectivity index (χ2v) is 4.68. The number of nitrogens with one attached hydrogen (secondary N) is 1. The first-order valence-corrected chi connectivity index (χ1v) is 5.76. The quantitative estimate of drug-likeness (QED) is 0.776. The highest BCUT2D eigenvalue weighted by molar-refractivity contribution is 5.03. The molecule has 1 atom stereocenters. The maximum atomic E-state index is 4.18. The molecule has 1 heterocycles. The van der Waals surface area contributed by atoms with Crippen LogP contribution in [0.2, 0.25) is 0 Å². The first-order chi connectivity index (χ1) is 7.11. The van der Waals surface area contributed by atoms with Gasteiger partial charge in [0.1, 0.15) is 0 Å². The zero-order chi connectivity index (χ0) is 11.3. The molecule has 0 aliphatic heterocycles. The van der Waals surface area contributed by atoms with Crippen molar-refractivity contribution in [3.05, 3.63) is 18.0 Å². The summed E-state index contributed by atoms with van der Waals surface area (Å²) >= 11 is 0. The van der Waals surface area contributed by atoms with Crippen LogP contribution in [0.15, 0.2) is 12.4 Å². The predicted molar refractivity (Wildman–Crippen MR) is 63.8 cm³/mol. The molecular formula is C12H23N3. The molecule has 0 spiro atoms. The van der Waals surface area contributed by atoms with Gasteiger partial charge in [0.05, 0.1) is 6.20 Å². The standard InChI is InChI=1S/C12H23N3/c1-10(2)7-12(13-3)6-5-11-8-14-15(4)9-11/h8-10,12-13H,5-7H2,1-4H3. The molecular weight excluding hydrogens is 186 g/mol. The lowest BCUT2D eigenvalue weighted by Crippen LogP contribution is -2.27. The Kier molecular flexibility index (Phi) is 4.82. The molecule has 0 radical (unpaired) electrons. The number of aromatic nitrogens is 2. The van der Waals surface area contributed by atoms with Gasteiger partial charge in [-0.3, -0.25) is 4.68 Å². The van der Waals surface area contributed by atoms with Gasteiger partial charge in [-0.1, -0.05) is 13.8 Å². The predicted octanol–water partition coefficient (Wildman–Crippen LogP) is 1.99. The van der Waals surface area contributed by atoms with E-state index in [-0.39, 0.29) is 0 Å². The van der Waals surface area contributed by atoms with Crippen molar-refractivity contribution in [3.63, 3.8) is 0 Å². The second kappa shape index (κ2) is 5.91. The molecule has 3 nitrogen and oxygen atoms in total. The molecule has 0 saturated heterocycles. The van der Waals surface area contributed by atoms with E-state index < -0.39 is 0 Å². The van der Waals surface area contributed by atoms with Crippen LogP contribution in [0.1, 0.15) is 32.3 Å². The highest BCUT2D eigenvalue weighted by Gasteiger charge is 2.08. The van der Waals surface area contributed by atoms with Crippen molar-refractivity contribution < 1.29 is 0 Å². The van der Waals surface area contributed by atoms with Crippen molar-refractivity contribution in [2.45, 2.75) is 39.2 Å². The summed E-state index contributed by atoms with van der Waals surface area (Å²) in [4.78, 5) is 0. The van der Waals surface area contributed by atoms with Gasteiger partial charge in [-0.25, -0.2) is 0 Å². The van der Waals surface area contributed by atoms with Gasteiger partial charge in [0.25, 0.3) is 0 Å². The Labute approximate surface area is 92.9 Å². The van der Waals surface area contributed by atoms with Crippen molar-refractivity contribution in [3.8, 4) is 0 Å². The normalized spacial score (nSPS) is 13.4.